The van der Waals surface area contributed by atoms with Crippen LogP contribution < -0.4 is 15.5 Å². The van der Waals surface area contributed by atoms with Gasteiger partial charge in [0.2, 0.25) is 0 Å². The molecule has 8 heteroatoms. The van der Waals surface area contributed by atoms with Gasteiger partial charge in [-0.25, -0.2) is 9.97 Å². The van der Waals surface area contributed by atoms with Crippen molar-refractivity contribution in [1.29, 1.82) is 0 Å². The van der Waals surface area contributed by atoms with E-state index < -0.39 is 5.92 Å². The molecule has 1 atom stereocenters. The molecule has 200 valence electrons. The number of hydrogen-bond donors (Lipinski definition) is 1. The number of anilines is 2. The second-order valence-corrected chi connectivity index (χ2v) is 10.3. The number of likely N-dealkylation sites (N-methyl/N-ethyl adjacent to an activating group) is 1. The molecule has 2 N–H and O–H groups in total. The minimum Gasteiger partial charge on any atom is -0.395 e. The number of carbonyl (C=O) groups excluding carboxylic acids is 2. The molecular weight excluding hydrogens is 452 g/mol. The normalized spacial score (nSPS) is 19.8. The van der Waals surface area contributed by atoms with E-state index in [0.717, 1.165) is 89.4 Å². The van der Waals surface area contributed by atoms with E-state index in [4.69, 9.17) is 15.7 Å². The van der Waals surface area contributed by atoms with Gasteiger partial charge in [-0.1, -0.05) is 40.0 Å². The molecule has 0 aromatic carbocycles. The summed E-state index contributed by atoms with van der Waals surface area (Å²) in [7, 11) is 2.14. The molecule has 1 aromatic heterocycles. The van der Waals surface area contributed by atoms with Crippen LogP contribution in [0.15, 0.2) is 11.6 Å². The number of aromatic nitrogens is 2. The highest BCUT2D eigenvalue weighted by Crippen LogP contribution is 2.29. The number of allylic oxidation sites excluding steroid dienone is 1. The quantitative estimate of drug-likeness (QED) is 0.341. The van der Waals surface area contributed by atoms with Gasteiger partial charge in [0.25, 0.3) is 0 Å². The molecule has 36 heavy (non-hydrogen) atoms. The van der Waals surface area contributed by atoms with Crippen molar-refractivity contribution in [2.24, 2.45) is 11.7 Å². The Labute approximate surface area is 217 Å². The van der Waals surface area contributed by atoms with Crippen LogP contribution in [0.25, 0.3) is 5.70 Å². The van der Waals surface area contributed by atoms with E-state index in [0.29, 0.717) is 36.4 Å². The zero-order valence-electron chi connectivity index (χ0n) is 22.9. The summed E-state index contributed by atoms with van der Waals surface area (Å²) in [5.74, 6) is 1.50. The van der Waals surface area contributed by atoms with E-state index in [2.05, 4.69) is 41.7 Å². The highest BCUT2D eigenvalue weighted by atomic mass is 16.2. The van der Waals surface area contributed by atoms with Crippen molar-refractivity contribution in [2.75, 3.05) is 56.1 Å². The number of Topliss-reactive ketones (excluding diaryl/α,β-unsaturated/α-hetero) is 2. The summed E-state index contributed by atoms with van der Waals surface area (Å²) in [6.07, 6.45) is 7.38. The molecule has 0 spiro atoms. The molecular formula is C28H46N6O2. The maximum absolute atomic E-state index is 13.6. The molecule has 8 nitrogen and oxygen atoms in total. The zero-order valence-corrected chi connectivity index (χ0v) is 22.9. The lowest BCUT2D eigenvalue weighted by molar-refractivity contribution is -0.132. The fraction of sp³-hybridized carbons (Fsp3) is 0.714. The predicted molar refractivity (Wildman–Crippen MR) is 147 cm³/mol. The van der Waals surface area contributed by atoms with Crippen molar-refractivity contribution in [2.45, 2.75) is 78.6 Å². The van der Waals surface area contributed by atoms with Crippen molar-refractivity contribution in [3.8, 4) is 0 Å². The van der Waals surface area contributed by atoms with Gasteiger partial charge in [-0.15, -0.1) is 0 Å². The molecule has 1 saturated heterocycles. The van der Waals surface area contributed by atoms with Gasteiger partial charge in [0.15, 0.2) is 11.6 Å². The molecule has 1 aliphatic carbocycles. The number of carbonyl (C=O) groups is 2. The van der Waals surface area contributed by atoms with Crippen molar-refractivity contribution >= 4 is 28.9 Å². The first-order valence-corrected chi connectivity index (χ1v) is 14.0. The summed E-state index contributed by atoms with van der Waals surface area (Å²) in [4.78, 5) is 42.9. The van der Waals surface area contributed by atoms with Crippen LogP contribution in [0.5, 0.6) is 0 Å². The zero-order chi connectivity index (χ0) is 26.1. The third-order valence-corrected chi connectivity index (χ3v) is 7.36. The number of nitrogens with zero attached hydrogens (tertiary/aromatic N) is 5. The predicted octanol–water partition coefficient (Wildman–Crippen LogP) is 4.04. The average molecular weight is 499 g/mol. The Morgan fingerprint density at radius 3 is 2.44 bits per heavy atom. The Bertz CT molecular complexity index is 923. The molecule has 2 heterocycles. The minimum atomic E-state index is -0.569. The fourth-order valence-electron chi connectivity index (χ4n) is 5.11. The molecule has 1 saturated carbocycles. The standard InChI is InChI=1S/C28H46N6O2/c1-5-8-15-33(14-7-3)24-20-25(34-18-16-32(4)17-19-34)31-28(30-24)26(29)22(11-6-2)27(36)21-12-9-10-13-23(21)35/h20-21H,5-19,29H2,1-4H3/b26-22-. The average Bonchev–Trinajstić information content (AvgIpc) is 2.89. The first kappa shape index (κ1) is 28.1. The molecule has 1 aromatic rings. The largest absolute Gasteiger partial charge is 0.395 e. The van der Waals surface area contributed by atoms with E-state index >= 15 is 0 Å². The van der Waals surface area contributed by atoms with Gasteiger partial charge in [0.1, 0.15) is 17.4 Å². The SMILES string of the molecule is CCCCN(CCC)c1cc(N2CCN(C)CC2)nc(/C(N)=C(\CCC)C(=O)C2CCCCC2=O)n1. The van der Waals surface area contributed by atoms with Crippen LogP contribution in [0.3, 0.4) is 0 Å². The van der Waals surface area contributed by atoms with Gasteiger partial charge < -0.3 is 20.4 Å². The van der Waals surface area contributed by atoms with Crippen molar-refractivity contribution in [1.82, 2.24) is 14.9 Å². The lowest BCUT2D eigenvalue weighted by Crippen LogP contribution is -2.45. The summed E-state index contributed by atoms with van der Waals surface area (Å²) in [5, 5.41) is 0. The van der Waals surface area contributed by atoms with Gasteiger partial charge >= 0.3 is 0 Å². The first-order valence-electron chi connectivity index (χ1n) is 14.0. The van der Waals surface area contributed by atoms with E-state index in [1.54, 1.807) is 0 Å². The number of rotatable bonds is 12. The van der Waals surface area contributed by atoms with Crippen molar-refractivity contribution < 1.29 is 9.59 Å². The monoisotopic (exact) mass is 498 g/mol. The lowest BCUT2D eigenvalue weighted by atomic mass is 9.81. The molecule has 0 radical (unpaired) electrons. The van der Waals surface area contributed by atoms with Crippen LogP contribution in [0, 0.1) is 5.92 Å². The Morgan fingerprint density at radius 2 is 1.81 bits per heavy atom. The smallest absolute Gasteiger partial charge is 0.179 e. The molecule has 0 bridgehead atoms. The molecule has 2 aliphatic rings. The molecule has 3 rings (SSSR count). The van der Waals surface area contributed by atoms with E-state index in [1.165, 1.54) is 0 Å². The van der Waals surface area contributed by atoms with Crippen LogP contribution in [0.1, 0.15) is 84.4 Å². The highest BCUT2D eigenvalue weighted by Gasteiger charge is 2.32. The van der Waals surface area contributed by atoms with Crippen LogP contribution >= 0.6 is 0 Å². The number of unbranched alkanes of at least 4 members (excludes halogenated alkanes) is 1. The van der Waals surface area contributed by atoms with Gasteiger partial charge in [0, 0.05) is 57.3 Å². The molecule has 1 aliphatic heterocycles. The van der Waals surface area contributed by atoms with Crippen LogP contribution in [-0.2, 0) is 9.59 Å². The summed E-state index contributed by atoms with van der Waals surface area (Å²) in [6, 6.07) is 2.08. The van der Waals surface area contributed by atoms with E-state index in [-0.39, 0.29) is 11.6 Å². The minimum absolute atomic E-state index is 0.0501. The first-order chi connectivity index (χ1) is 17.4. The summed E-state index contributed by atoms with van der Waals surface area (Å²) >= 11 is 0. The van der Waals surface area contributed by atoms with Crippen LogP contribution in [-0.4, -0.2) is 72.8 Å². The fourth-order valence-corrected chi connectivity index (χ4v) is 5.11. The highest BCUT2D eigenvalue weighted by molar-refractivity contribution is 6.13. The summed E-state index contributed by atoms with van der Waals surface area (Å²) in [6.45, 7) is 11.9. The molecule has 0 amide bonds. The second kappa shape index (κ2) is 13.7. The summed E-state index contributed by atoms with van der Waals surface area (Å²) in [5.41, 5.74) is 7.58. The molecule has 2 fully saturated rings. The topological polar surface area (TPSA) is 95.7 Å². The van der Waals surface area contributed by atoms with Gasteiger partial charge in [-0.05, 0) is 39.2 Å². The third-order valence-electron chi connectivity index (χ3n) is 7.36. The molecule has 1 unspecified atom stereocenters. The third kappa shape index (κ3) is 7.05. The Kier molecular flexibility index (Phi) is 10.7. The second-order valence-electron chi connectivity index (χ2n) is 10.3. The van der Waals surface area contributed by atoms with E-state index in [9.17, 15) is 9.59 Å². The van der Waals surface area contributed by atoms with Gasteiger partial charge in [-0.3, -0.25) is 9.59 Å². The Balaban J connectivity index is 2.06. The van der Waals surface area contributed by atoms with Crippen molar-refractivity contribution in [3.63, 3.8) is 0 Å². The summed E-state index contributed by atoms with van der Waals surface area (Å²) < 4.78 is 0. The maximum Gasteiger partial charge on any atom is 0.179 e. The van der Waals surface area contributed by atoms with E-state index in [1.807, 2.05) is 6.92 Å². The van der Waals surface area contributed by atoms with Crippen molar-refractivity contribution in [3.05, 3.63) is 17.5 Å². The van der Waals surface area contributed by atoms with Gasteiger partial charge in [-0.2, -0.15) is 0 Å². The number of hydrogen-bond acceptors (Lipinski definition) is 8. The van der Waals surface area contributed by atoms with Gasteiger partial charge in [0.05, 0.1) is 11.6 Å². The number of nitrogens with two attached hydrogens (primary N) is 1. The lowest BCUT2D eigenvalue weighted by Gasteiger charge is -2.34. The van der Waals surface area contributed by atoms with Crippen LogP contribution in [0.4, 0.5) is 11.6 Å². The maximum atomic E-state index is 13.6. The number of ketones is 2. The van der Waals surface area contributed by atoms with Crippen LogP contribution in [0.2, 0.25) is 0 Å². The Morgan fingerprint density at radius 1 is 1.06 bits per heavy atom. The Hall–Kier alpha value is -2.48. The number of piperazine rings is 1.